The summed E-state index contributed by atoms with van der Waals surface area (Å²) in [4.78, 5) is 0.136. The highest BCUT2D eigenvalue weighted by Crippen LogP contribution is 2.27. The number of hydrogen-bond acceptors (Lipinski definition) is 3. The van der Waals surface area contributed by atoms with Crippen molar-refractivity contribution in [3.05, 3.63) is 53.3 Å². The first kappa shape index (κ1) is 18.3. The number of nitrogens with one attached hydrogen (secondary N) is 1. The first-order valence-corrected chi connectivity index (χ1v) is 9.97. The lowest BCUT2D eigenvalue weighted by Crippen LogP contribution is -2.38. The second-order valence-electron chi connectivity index (χ2n) is 6.28. The highest BCUT2D eigenvalue weighted by atomic mass is 35.5. The average molecular weight is 384 g/mol. The van der Waals surface area contributed by atoms with Crippen LogP contribution >= 0.6 is 11.6 Å². The fourth-order valence-electron chi connectivity index (χ4n) is 3.02. The predicted octanol–water partition coefficient (Wildman–Crippen LogP) is 3.73. The van der Waals surface area contributed by atoms with E-state index in [0.29, 0.717) is 41.8 Å². The van der Waals surface area contributed by atoms with E-state index in [1.165, 1.54) is 18.2 Å². The van der Waals surface area contributed by atoms with E-state index in [1.807, 2.05) is 0 Å². The smallest absolute Gasteiger partial charge is 0.240 e. The van der Waals surface area contributed by atoms with E-state index in [0.717, 1.165) is 0 Å². The molecule has 0 atom stereocenters. The molecule has 0 bridgehead atoms. The second-order valence-corrected chi connectivity index (χ2v) is 8.43. The molecule has 4 nitrogen and oxygen atoms in total. The number of aliphatic hydroxyl groups excluding tert-OH is 1. The number of halogens is 2. The molecule has 2 N–H and O–H groups in total. The minimum Gasteiger partial charge on any atom is -0.393 e. The Balaban J connectivity index is 1.77. The van der Waals surface area contributed by atoms with Gasteiger partial charge >= 0.3 is 0 Å². The van der Waals surface area contributed by atoms with Gasteiger partial charge in [0.25, 0.3) is 0 Å². The van der Waals surface area contributed by atoms with Gasteiger partial charge in [-0.05, 0) is 61.6 Å². The molecule has 0 spiro atoms. The summed E-state index contributed by atoms with van der Waals surface area (Å²) in [5, 5.41) is 9.81. The average Bonchev–Trinajstić information content (AvgIpc) is 2.57. The Labute approximate surface area is 151 Å². The van der Waals surface area contributed by atoms with Crippen molar-refractivity contribution in [3.63, 3.8) is 0 Å². The van der Waals surface area contributed by atoms with Crippen molar-refractivity contribution < 1.29 is 17.9 Å². The van der Waals surface area contributed by atoms with Crippen LogP contribution in [0.15, 0.2) is 47.4 Å². The summed E-state index contributed by atoms with van der Waals surface area (Å²) < 4.78 is 41.6. The molecular formula is C18H19ClFNO3S. The molecule has 0 saturated heterocycles. The molecule has 3 rings (SSSR count). The zero-order chi connectivity index (χ0) is 18.0. The summed E-state index contributed by atoms with van der Waals surface area (Å²) in [5.41, 5.74) is 0.941. The number of aliphatic hydroxyl groups is 1. The summed E-state index contributed by atoms with van der Waals surface area (Å²) in [7, 11) is -3.64. The van der Waals surface area contributed by atoms with Crippen molar-refractivity contribution in [2.45, 2.75) is 42.7 Å². The van der Waals surface area contributed by atoms with E-state index in [2.05, 4.69) is 4.72 Å². The van der Waals surface area contributed by atoms with Crippen LogP contribution in [-0.2, 0) is 10.0 Å². The molecular weight excluding hydrogens is 365 g/mol. The monoisotopic (exact) mass is 383 g/mol. The molecule has 0 heterocycles. The van der Waals surface area contributed by atoms with Gasteiger partial charge in [0.05, 0.1) is 11.0 Å². The first-order valence-electron chi connectivity index (χ1n) is 8.11. The van der Waals surface area contributed by atoms with Gasteiger partial charge in [-0.2, -0.15) is 0 Å². The number of sulfonamides is 1. The van der Waals surface area contributed by atoms with Gasteiger partial charge in [0, 0.05) is 16.6 Å². The summed E-state index contributed by atoms with van der Waals surface area (Å²) in [6, 6.07) is 10.3. The third-order valence-electron chi connectivity index (χ3n) is 4.43. The van der Waals surface area contributed by atoms with E-state index < -0.39 is 15.8 Å². The quantitative estimate of drug-likeness (QED) is 0.845. The molecule has 1 aliphatic rings. The van der Waals surface area contributed by atoms with Crippen LogP contribution in [0.4, 0.5) is 4.39 Å². The van der Waals surface area contributed by atoms with Gasteiger partial charge in [-0.3, -0.25) is 0 Å². The van der Waals surface area contributed by atoms with E-state index in [-0.39, 0.29) is 17.0 Å². The highest BCUT2D eigenvalue weighted by Gasteiger charge is 2.24. The first-order chi connectivity index (χ1) is 11.8. The molecule has 0 aromatic heterocycles. The zero-order valence-electron chi connectivity index (χ0n) is 13.5. The van der Waals surface area contributed by atoms with Gasteiger partial charge in [0.15, 0.2) is 0 Å². The van der Waals surface area contributed by atoms with Crippen LogP contribution in [0.1, 0.15) is 25.7 Å². The van der Waals surface area contributed by atoms with Gasteiger partial charge in [0.1, 0.15) is 5.82 Å². The Bertz CT molecular complexity index is 847. The van der Waals surface area contributed by atoms with Crippen LogP contribution in [0, 0.1) is 5.82 Å². The Morgan fingerprint density at radius 2 is 1.68 bits per heavy atom. The van der Waals surface area contributed by atoms with E-state index in [4.69, 9.17) is 11.6 Å². The molecule has 1 saturated carbocycles. The molecule has 2 aromatic carbocycles. The Morgan fingerprint density at radius 1 is 1.04 bits per heavy atom. The SMILES string of the molecule is O=S(=O)(N[C@H]1CC[C@H](O)CC1)c1ccc(-c2ccc(Cl)cc2F)cc1. The summed E-state index contributed by atoms with van der Waals surface area (Å²) in [6.07, 6.45) is 2.10. The van der Waals surface area contributed by atoms with Crippen molar-refractivity contribution in [1.82, 2.24) is 4.72 Å². The third kappa shape index (κ3) is 4.39. The normalized spacial score (nSPS) is 21.2. The fourth-order valence-corrected chi connectivity index (χ4v) is 4.48. The lowest BCUT2D eigenvalue weighted by molar-refractivity contribution is 0.120. The van der Waals surface area contributed by atoms with Crippen molar-refractivity contribution in [2.75, 3.05) is 0 Å². The fraction of sp³-hybridized carbons (Fsp3) is 0.333. The predicted molar refractivity (Wildman–Crippen MR) is 95.4 cm³/mol. The molecule has 0 unspecified atom stereocenters. The topological polar surface area (TPSA) is 66.4 Å². The largest absolute Gasteiger partial charge is 0.393 e. The van der Waals surface area contributed by atoms with Gasteiger partial charge in [-0.1, -0.05) is 23.7 Å². The Hall–Kier alpha value is -1.47. The number of benzene rings is 2. The van der Waals surface area contributed by atoms with Crippen molar-refractivity contribution >= 4 is 21.6 Å². The van der Waals surface area contributed by atoms with Crippen LogP contribution in [0.3, 0.4) is 0 Å². The third-order valence-corrected chi connectivity index (χ3v) is 6.20. The van der Waals surface area contributed by atoms with E-state index in [9.17, 15) is 17.9 Å². The van der Waals surface area contributed by atoms with Crippen LogP contribution in [0.5, 0.6) is 0 Å². The standard InChI is InChI=1S/C18H19ClFNO3S/c19-13-3-10-17(18(20)11-13)12-1-8-16(9-2-12)25(23,24)21-14-4-6-15(22)7-5-14/h1-3,8-11,14-15,21-22H,4-7H2/t14-,15-. The molecule has 0 aliphatic heterocycles. The Kier molecular flexibility index (Phi) is 5.43. The molecule has 2 aromatic rings. The molecule has 0 radical (unpaired) electrons. The van der Waals surface area contributed by atoms with Crippen molar-refractivity contribution in [3.8, 4) is 11.1 Å². The van der Waals surface area contributed by atoms with Crippen molar-refractivity contribution in [2.24, 2.45) is 0 Å². The highest BCUT2D eigenvalue weighted by molar-refractivity contribution is 7.89. The van der Waals surface area contributed by atoms with Gasteiger partial charge in [-0.15, -0.1) is 0 Å². The Morgan fingerprint density at radius 3 is 2.28 bits per heavy atom. The maximum Gasteiger partial charge on any atom is 0.240 e. The second kappa shape index (κ2) is 7.41. The van der Waals surface area contributed by atoms with Crippen LogP contribution in [0.25, 0.3) is 11.1 Å². The molecule has 134 valence electrons. The zero-order valence-corrected chi connectivity index (χ0v) is 15.0. The minimum atomic E-state index is -3.64. The van der Waals surface area contributed by atoms with Gasteiger partial charge < -0.3 is 5.11 Å². The maximum absolute atomic E-state index is 14.0. The van der Waals surface area contributed by atoms with E-state index >= 15 is 0 Å². The van der Waals surface area contributed by atoms with Crippen LogP contribution in [-0.4, -0.2) is 25.7 Å². The van der Waals surface area contributed by atoms with Crippen molar-refractivity contribution in [1.29, 1.82) is 0 Å². The van der Waals surface area contributed by atoms with Crippen LogP contribution in [0.2, 0.25) is 5.02 Å². The summed E-state index contributed by atoms with van der Waals surface area (Å²) in [5.74, 6) is -0.456. The van der Waals surface area contributed by atoms with Crippen LogP contribution < -0.4 is 4.72 Å². The molecule has 7 heteroatoms. The molecule has 1 fully saturated rings. The lowest BCUT2D eigenvalue weighted by Gasteiger charge is -2.26. The maximum atomic E-state index is 14.0. The van der Waals surface area contributed by atoms with Gasteiger partial charge in [-0.25, -0.2) is 17.5 Å². The number of rotatable bonds is 4. The summed E-state index contributed by atoms with van der Waals surface area (Å²) >= 11 is 5.75. The molecule has 1 aliphatic carbocycles. The molecule has 25 heavy (non-hydrogen) atoms. The lowest BCUT2D eigenvalue weighted by atomic mass is 9.94. The van der Waals surface area contributed by atoms with E-state index in [1.54, 1.807) is 24.3 Å². The van der Waals surface area contributed by atoms with Gasteiger partial charge in [0.2, 0.25) is 10.0 Å². The minimum absolute atomic E-state index is 0.136. The number of hydrogen-bond donors (Lipinski definition) is 2. The molecule has 0 amide bonds. The summed E-state index contributed by atoms with van der Waals surface area (Å²) in [6.45, 7) is 0.